The molecule has 2 N–H and O–H groups in total. The van der Waals surface area contributed by atoms with Gasteiger partial charge in [-0.15, -0.1) is 0 Å². The SMILES string of the molecule is Cc1noc(C)c1CN1Cc2[nH]cnc2CC1C(=O)O. The van der Waals surface area contributed by atoms with Crippen LogP contribution in [-0.4, -0.2) is 37.1 Å². The van der Waals surface area contributed by atoms with Crippen LogP contribution in [0.1, 0.15) is 28.4 Å². The number of rotatable bonds is 3. The largest absolute Gasteiger partial charge is 0.480 e. The van der Waals surface area contributed by atoms with Crippen LogP contribution in [0.15, 0.2) is 10.9 Å². The Balaban J connectivity index is 1.89. The third-order valence-electron chi connectivity index (χ3n) is 3.82. The van der Waals surface area contributed by atoms with Gasteiger partial charge in [-0.2, -0.15) is 0 Å². The van der Waals surface area contributed by atoms with E-state index in [1.807, 2.05) is 18.7 Å². The topological polar surface area (TPSA) is 95.3 Å². The fourth-order valence-corrected chi connectivity index (χ4v) is 2.63. The van der Waals surface area contributed by atoms with Crippen molar-refractivity contribution in [2.45, 2.75) is 39.4 Å². The van der Waals surface area contributed by atoms with Crippen molar-refractivity contribution in [2.75, 3.05) is 0 Å². The lowest BCUT2D eigenvalue weighted by Crippen LogP contribution is -2.45. The minimum Gasteiger partial charge on any atom is -0.480 e. The molecule has 1 aliphatic heterocycles. The molecule has 2 aromatic rings. The first kappa shape index (κ1) is 12.9. The molecule has 0 radical (unpaired) electrons. The summed E-state index contributed by atoms with van der Waals surface area (Å²) in [5, 5.41) is 13.3. The molecule has 2 aromatic heterocycles. The highest BCUT2D eigenvalue weighted by Crippen LogP contribution is 2.24. The van der Waals surface area contributed by atoms with E-state index in [2.05, 4.69) is 15.1 Å². The number of hydrogen-bond acceptors (Lipinski definition) is 5. The molecule has 3 heterocycles. The fourth-order valence-electron chi connectivity index (χ4n) is 2.63. The molecule has 0 fully saturated rings. The molecular weight excluding hydrogens is 260 g/mol. The average Bonchev–Trinajstić information content (AvgIpc) is 2.98. The van der Waals surface area contributed by atoms with Crippen molar-refractivity contribution < 1.29 is 14.4 Å². The molecule has 1 unspecified atom stereocenters. The zero-order chi connectivity index (χ0) is 14.3. The van der Waals surface area contributed by atoms with Gasteiger partial charge in [0.2, 0.25) is 0 Å². The molecule has 106 valence electrons. The summed E-state index contributed by atoms with van der Waals surface area (Å²) in [7, 11) is 0. The van der Waals surface area contributed by atoms with Crippen molar-refractivity contribution in [3.63, 3.8) is 0 Å². The van der Waals surface area contributed by atoms with Crippen molar-refractivity contribution in [1.29, 1.82) is 0 Å². The Labute approximate surface area is 115 Å². The number of carboxylic acid groups (broad SMARTS) is 1. The Hall–Kier alpha value is -2.15. The third kappa shape index (κ3) is 2.09. The Kier molecular flexibility index (Phi) is 3.06. The van der Waals surface area contributed by atoms with Gasteiger partial charge in [0.05, 0.1) is 23.4 Å². The number of H-pyrrole nitrogens is 1. The van der Waals surface area contributed by atoms with E-state index in [1.54, 1.807) is 6.33 Å². The summed E-state index contributed by atoms with van der Waals surface area (Å²) in [5.74, 6) is -0.0903. The number of imidazole rings is 1. The van der Waals surface area contributed by atoms with Crippen molar-refractivity contribution in [3.05, 3.63) is 34.7 Å². The van der Waals surface area contributed by atoms with Crippen LogP contribution >= 0.6 is 0 Å². The van der Waals surface area contributed by atoms with Crippen LogP contribution in [0.25, 0.3) is 0 Å². The lowest BCUT2D eigenvalue weighted by Gasteiger charge is -2.32. The third-order valence-corrected chi connectivity index (χ3v) is 3.82. The summed E-state index contributed by atoms with van der Waals surface area (Å²) in [5.41, 5.74) is 3.59. The molecular formula is C13H16N4O3. The summed E-state index contributed by atoms with van der Waals surface area (Å²) in [6, 6.07) is -0.570. The van der Waals surface area contributed by atoms with Gasteiger partial charge in [0.25, 0.3) is 0 Å². The summed E-state index contributed by atoms with van der Waals surface area (Å²) in [6.07, 6.45) is 2.03. The van der Waals surface area contributed by atoms with Gasteiger partial charge >= 0.3 is 5.97 Å². The molecule has 0 bridgehead atoms. The zero-order valence-electron chi connectivity index (χ0n) is 11.4. The van der Waals surface area contributed by atoms with Crippen molar-refractivity contribution >= 4 is 5.97 Å². The maximum absolute atomic E-state index is 11.5. The van der Waals surface area contributed by atoms with Gasteiger partial charge in [0, 0.05) is 25.1 Å². The van der Waals surface area contributed by atoms with E-state index in [0.717, 1.165) is 28.4 Å². The molecule has 1 aliphatic rings. The minimum absolute atomic E-state index is 0.414. The normalized spacial score (nSPS) is 19.0. The molecule has 7 heteroatoms. The van der Waals surface area contributed by atoms with E-state index in [1.165, 1.54) is 0 Å². The van der Waals surface area contributed by atoms with E-state index >= 15 is 0 Å². The van der Waals surface area contributed by atoms with Crippen LogP contribution < -0.4 is 0 Å². The number of aryl methyl sites for hydroxylation is 2. The van der Waals surface area contributed by atoms with Crippen molar-refractivity contribution in [1.82, 2.24) is 20.0 Å². The number of carboxylic acids is 1. The second-order valence-electron chi connectivity index (χ2n) is 5.09. The lowest BCUT2D eigenvalue weighted by atomic mass is 10.0. The Morgan fingerprint density at radius 3 is 3.05 bits per heavy atom. The molecule has 7 nitrogen and oxygen atoms in total. The first-order valence-electron chi connectivity index (χ1n) is 6.46. The summed E-state index contributed by atoms with van der Waals surface area (Å²) >= 11 is 0. The van der Waals surface area contributed by atoms with Crippen LogP contribution in [-0.2, 0) is 24.3 Å². The van der Waals surface area contributed by atoms with Gasteiger partial charge in [-0.1, -0.05) is 5.16 Å². The van der Waals surface area contributed by atoms with Crippen LogP contribution in [0.3, 0.4) is 0 Å². The van der Waals surface area contributed by atoms with Crippen LogP contribution in [0, 0.1) is 13.8 Å². The van der Waals surface area contributed by atoms with Crippen molar-refractivity contribution in [2.24, 2.45) is 0 Å². The first-order chi connectivity index (χ1) is 9.56. The van der Waals surface area contributed by atoms with Crippen molar-refractivity contribution in [3.8, 4) is 0 Å². The highest BCUT2D eigenvalue weighted by molar-refractivity contribution is 5.74. The molecule has 0 saturated heterocycles. The number of aliphatic carboxylic acids is 1. The molecule has 1 atom stereocenters. The fraction of sp³-hybridized carbons (Fsp3) is 0.462. The molecule has 0 saturated carbocycles. The molecule has 0 aliphatic carbocycles. The summed E-state index contributed by atoms with van der Waals surface area (Å²) in [4.78, 5) is 20.6. The maximum atomic E-state index is 11.5. The number of hydrogen-bond donors (Lipinski definition) is 2. The maximum Gasteiger partial charge on any atom is 0.321 e. The second-order valence-corrected chi connectivity index (χ2v) is 5.09. The van der Waals surface area contributed by atoms with Gasteiger partial charge in [-0.05, 0) is 13.8 Å². The van der Waals surface area contributed by atoms with Gasteiger partial charge in [-0.3, -0.25) is 9.69 Å². The number of aromatic amines is 1. The second kappa shape index (κ2) is 4.75. The molecule has 3 rings (SSSR count). The number of nitrogens with one attached hydrogen (secondary N) is 1. The molecule has 0 aromatic carbocycles. The average molecular weight is 276 g/mol. The van der Waals surface area contributed by atoms with Crippen LogP contribution in [0.4, 0.5) is 0 Å². The number of nitrogens with zero attached hydrogens (tertiary/aromatic N) is 3. The minimum atomic E-state index is -0.828. The lowest BCUT2D eigenvalue weighted by molar-refractivity contribution is -0.144. The zero-order valence-corrected chi connectivity index (χ0v) is 11.4. The first-order valence-corrected chi connectivity index (χ1v) is 6.46. The van der Waals surface area contributed by atoms with Gasteiger partial charge in [0.1, 0.15) is 11.8 Å². The van der Waals surface area contributed by atoms with Gasteiger partial charge < -0.3 is 14.6 Å². The smallest absolute Gasteiger partial charge is 0.321 e. The quantitative estimate of drug-likeness (QED) is 0.869. The predicted molar refractivity (Wildman–Crippen MR) is 68.9 cm³/mol. The molecule has 0 amide bonds. The van der Waals surface area contributed by atoms with E-state index in [0.29, 0.717) is 19.5 Å². The highest BCUT2D eigenvalue weighted by Gasteiger charge is 2.33. The summed E-state index contributed by atoms with van der Waals surface area (Å²) in [6.45, 7) is 4.76. The predicted octanol–water partition coefficient (Wildman–Crippen LogP) is 1.03. The summed E-state index contributed by atoms with van der Waals surface area (Å²) < 4.78 is 5.14. The number of carbonyl (C=O) groups is 1. The number of fused-ring (bicyclic) bond motifs is 1. The van der Waals surface area contributed by atoms with Gasteiger partial charge in [-0.25, -0.2) is 4.98 Å². The van der Waals surface area contributed by atoms with Gasteiger partial charge in [0.15, 0.2) is 0 Å². The Morgan fingerprint density at radius 2 is 2.40 bits per heavy atom. The monoisotopic (exact) mass is 276 g/mol. The van der Waals surface area contributed by atoms with Crippen LogP contribution in [0.5, 0.6) is 0 Å². The Morgan fingerprint density at radius 1 is 1.60 bits per heavy atom. The van der Waals surface area contributed by atoms with E-state index < -0.39 is 12.0 Å². The van der Waals surface area contributed by atoms with Crippen LogP contribution in [0.2, 0.25) is 0 Å². The highest BCUT2D eigenvalue weighted by atomic mass is 16.5. The van der Waals surface area contributed by atoms with E-state index in [9.17, 15) is 9.90 Å². The Bertz CT molecular complexity index is 626. The van der Waals surface area contributed by atoms with E-state index in [-0.39, 0.29) is 0 Å². The number of aromatic nitrogens is 3. The standard InChI is InChI=1S/C13H16N4O3/c1-7-9(8(2)20-16-7)4-17-5-11-10(14-6-15-11)3-12(17)13(18)19/h6,12H,3-5H2,1-2H3,(H,14,15)(H,18,19). The molecule has 20 heavy (non-hydrogen) atoms. The van der Waals surface area contributed by atoms with E-state index in [4.69, 9.17) is 4.52 Å². The molecule has 0 spiro atoms.